The largest absolute Gasteiger partial charge is 0.179 e. The summed E-state index contributed by atoms with van der Waals surface area (Å²) in [6.07, 6.45) is 1.05. The summed E-state index contributed by atoms with van der Waals surface area (Å²) in [5, 5.41) is 0. The van der Waals surface area contributed by atoms with E-state index >= 15 is 0 Å². The molecule has 0 amide bonds. The second-order valence-corrected chi connectivity index (χ2v) is 3.40. The third-order valence-electron chi connectivity index (χ3n) is 2.62. The molecule has 0 spiro atoms. The fraction of sp³-hybridized carbons (Fsp3) is 0.0769. The molecule has 0 heterocycles. The van der Waals surface area contributed by atoms with Gasteiger partial charge < -0.3 is 0 Å². The van der Waals surface area contributed by atoms with Gasteiger partial charge >= 0.3 is 0 Å². The van der Waals surface area contributed by atoms with Gasteiger partial charge in [-0.25, -0.2) is 0 Å². The zero-order valence-electron chi connectivity index (χ0n) is 10.7. The van der Waals surface area contributed by atoms with Crippen LogP contribution < -0.4 is 0 Å². The molecule has 0 radical (unpaired) electrons. The van der Waals surface area contributed by atoms with Crippen LogP contribution >= 0.6 is 88.2 Å². The first kappa shape index (κ1) is 38.9. The van der Waals surface area contributed by atoms with E-state index in [0.717, 1.165) is 6.42 Å². The second kappa shape index (κ2) is 18.8. The van der Waals surface area contributed by atoms with Gasteiger partial charge in [-0.3, -0.25) is 0 Å². The molecule has 118 valence electrons. The third kappa shape index (κ3) is 8.96. The molecule has 2 aromatic carbocycles. The Morgan fingerprint density at radius 3 is 1.86 bits per heavy atom. The fourth-order valence-electron chi connectivity index (χ4n) is 2.00. The topological polar surface area (TPSA) is 0 Å². The van der Waals surface area contributed by atoms with Crippen LogP contribution in [0.15, 0.2) is 42.5 Å². The van der Waals surface area contributed by atoms with Crippen LogP contribution in [0, 0.1) is 6.07 Å². The molecule has 0 bridgehead atoms. The monoisotopic (exact) mass is 693 g/mol. The van der Waals surface area contributed by atoms with Gasteiger partial charge in [0.2, 0.25) is 0 Å². The number of benzene rings is 2. The number of rotatable bonds is 0. The first-order chi connectivity index (χ1) is 6.45. The van der Waals surface area contributed by atoms with E-state index in [1.807, 2.05) is 6.07 Å². The Bertz CT molecular complexity index is 444. The molecule has 2 aromatic rings. The predicted molar refractivity (Wildman–Crippen MR) is 106 cm³/mol. The Hall–Kier alpha value is 2.52. The van der Waals surface area contributed by atoms with Gasteiger partial charge in [0.25, 0.3) is 0 Å². The van der Waals surface area contributed by atoms with Crippen molar-refractivity contribution in [2.24, 2.45) is 0 Å². The molecule has 0 aliphatic heterocycles. The maximum Gasteiger partial charge on any atom is 0 e. The molecule has 0 atom stereocenters. The van der Waals surface area contributed by atoms with E-state index in [1.165, 1.54) is 22.3 Å². The number of hydrogen-bond donors (Lipinski definition) is 0. The average molecular weight is 700 g/mol. The molecule has 0 N–H and O–H groups in total. The van der Waals surface area contributed by atoms with Crippen molar-refractivity contribution in [3.63, 3.8) is 0 Å². The smallest absolute Gasteiger partial charge is 0 e. The summed E-state index contributed by atoms with van der Waals surface area (Å²) in [5.41, 5.74) is 5.51. The molecular formula is C13H15Br3Cl3Zr2-. The van der Waals surface area contributed by atoms with Gasteiger partial charge in [-0.1, -0.05) is 35.4 Å². The molecule has 0 fully saturated rings. The molecule has 21 heavy (non-hydrogen) atoms. The molecule has 1 aliphatic carbocycles. The van der Waals surface area contributed by atoms with Crippen LogP contribution in [0.2, 0.25) is 0 Å². The molecule has 8 heteroatoms. The van der Waals surface area contributed by atoms with Crippen LogP contribution in [-0.4, -0.2) is 0 Å². The van der Waals surface area contributed by atoms with Crippen molar-refractivity contribution in [3.05, 3.63) is 59.7 Å². The SMILES string of the molecule is Br.Br.Br.Cl.Cl.Cl.[Zr].[Zr].[c-]1cccc2c1Cc1ccccc1-2. The predicted octanol–water partition coefficient (Wildman–Crippen LogP) is 6.05. The molecule has 3 rings (SSSR count). The zero-order chi connectivity index (χ0) is 8.67. The second-order valence-electron chi connectivity index (χ2n) is 3.40. The molecule has 0 saturated carbocycles. The van der Waals surface area contributed by atoms with Crippen LogP contribution in [0.25, 0.3) is 11.1 Å². The fourth-order valence-corrected chi connectivity index (χ4v) is 2.00. The summed E-state index contributed by atoms with van der Waals surface area (Å²) < 4.78 is 0. The van der Waals surface area contributed by atoms with Crippen molar-refractivity contribution in [2.45, 2.75) is 6.42 Å². The molecule has 1 aliphatic rings. The summed E-state index contributed by atoms with van der Waals surface area (Å²) in [7, 11) is 0. The van der Waals surface area contributed by atoms with Gasteiger partial charge in [-0.2, -0.15) is 29.8 Å². The minimum absolute atomic E-state index is 0. The van der Waals surface area contributed by atoms with Gasteiger partial charge in [0.1, 0.15) is 0 Å². The van der Waals surface area contributed by atoms with Gasteiger partial charge in [0, 0.05) is 52.4 Å². The van der Waals surface area contributed by atoms with E-state index in [0.29, 0.717) is 0 Å². The van der Waals surface area contributed by atoms with Crippen LogP contribution in [0.4, 0.5) is 0 Å². The van der Waals surface area contributed by atoms with Crippen LogP contribution in [0.3, 0.4) is 0 Å². The van der Waals surface area contributed by atoms with Gasteiger partial charge in [0.05, 0.1) is 0 Å². The summed E-state index contributed by atoms with van der Waals surface area (Å²) in [5.74, 6) is 0. The van der Waals surface area contributed by atoms with Crippen molar-refractivity contribution < 1.29 is 52.4 Å². The van der Waals surface area contributed by atoms with Crippen LogP contribution in [-0.2, 0) is 58.8 Å². The first-order valence-corrected chi connectivity index (χ1v) is 4.53. The Morgan fingerprint density at radius 2 is 1.24 bits per heavy atom. The summed E-state index contributed by atoms with van der Waals surface area (Å²) in [6.45, 7) is 0. The first-order valence-electron chi connectivity index (χ1n) is 4.53. The van der Waals surface area contributed by atoms with E-state index in [2.05, 4.69) is 42.5 Å². The normalized spacial score (nSPS) is 7.62. The van der Waals surface area contributed by atoms with Gasteiger partial charge in [-0.05, 0) is 6.42 Å². The maximum absolute atomic E-state index is 3.30. The summed E-state index contributed by atoms with van der Waals surface area (Å²) in [4.78, 5) is 0. The standard InChI is InChI=1S/C13H9.3BrH.3ClH.2Zr/c1-3-7-12-10(5-1)9-11-6-2-4-8-13(11)12;;;;;;;;/h1-5,7-8H,9H2;6*1H;;/q-1;;;;;;;;. The van der Waals surface area contributed by atoms with E-state index < -0.39 is 0 Å². The Balaban J connectivity index is -0.0000000703. The maximum atomic E-state index is 3.30. The van der Waals surface area contributed by atoms with E-state index in [4.69, 9.17) is 0 Å². The van der Waals surface area contributed by atoms with Crippen molar-refractivity contribution >= 4 is 88.2 Å². The number of halogens is 6. The Kier molecular flexibility index (Phi) is 34.9. The Morgan fingerprint density at radius 1 is 0.714 bits per heavy atom. The molecule has 0 aromatic heterocycles. The number of fused-ring (bicyclic) bond motifs is 3. The van der Waals surface area contributed by atoms with E-state index in [-0.39, 0.29) is 141 Å². The van der Waals surface area contributed by atoms with Crippen molar-refractivity contribution in [2.75, 3.05) is 0 Å². The van der Waals surface area contributed by atoms with Gasteiger partial charge in [0.15, 0.2) is 0 Å². The van der Waals surface area contributed by atoms with Crippen LogP contribution in [0.1, 0.15) is 11.1 Å². The van der Waals surface area contributed by atoms with Crippen molar-refractivity contribution in [1.29, 1.82) is 0 Å². The van der Waals surface area contributed by atoms with Crippen molar-refractivity contribution in [1.82, 2.24) is 0 Å². The Labute approximate surface area is 214 Å². The number of hydrogen-bond acceptors (Lipinski definition) is 0. The van der Waals surface area contributed by atoms with Crippen molar-refractivity contribution in [3.8, 4) is 11.1 Å². The quantitative estimate of drug-likeness (QED) is 0.251. The summed E-state index contributed by atoms with van der Waals surface area (Å²) >= 11 is 0. The summed E-state index contributed by atoms with van der Waals surface area (Å²) in [6, 6.07) is 18.1. The van der Waals surface area contributed by atoms with Gasteiger partial charge in [-0.15, -0.1) is 93.7 Å². The van der Waals surface area contributed by atoms with E-state index in [9.17, 15) is 0 Å². The molecule has 0 saturated heterocycles. The average Bonchev–Trinajstić information content (AvgIpc) is 2.56. The molecule has 0 unspecified atom stereocenters. The minimum Gasteiger partial charge on any atom is -0.179 e. The van der Waals surface area contributed by atoms with Crippen LogP contribution in [0.5, 0.6) is 0 Å². The van der Waals surface area contributed by atoms with E-state index in [1.54, 1.807) is 0 Å². The zero-order valence-corrected chi connectivity index (χ0v) is 23.2. The molecular weight excluding hydrogens is 685 g/mol. The molecule has 0 nitrogen and oxygen atoms in total. The minimum atomic E-state index is 0. The third-order valence-corrected chi connectivity index (χ3v) is 2.62.